The SMILES string of the molecule is COc1cc(Br)c(C(O)C(=O)O)cc1OC(C)C. The van der Waals surface area contributed by atoms with Gasteiger partial charge in [-0.25, -0.2) is 4.79 Å². The maximum absolute atomic E-state index is 10.8. The molecule has 0 aromatic heterocycles. The van der Waals surface area contributed by atoms with Crippen LogP contribution in [0.25, 0.3) is 0 Å². The second kappa shape index (κ2) is 6.06. The van der Waals surface area contributed by atoms with Gasteiger partial charge >= 0.3 is 5.97 Å². The Balaban J connectivity index is 3.24. The molecule has 0 radical (unpaired) electrons. The van der Waals surface area contributed by atoms with E-state index in [9.17, 15) is 9.90 Å². The molecule has 1 rings (SSSR count). The molecule has 18 heavy (non-hydrogen) atoms. The molecule has 1 aromatic rings. The fraction of sp³-hybridized carbons (Fsp3) is 0.417. The van der Waals surface area contributed by atoms with Gasteiger partial charge in [0.15, 0.2) is 17.6 Å². The lowest BCUT2D eigenvalue weighted by atomic mass is 10.1. The number of rotatable bonds is 5. The van der Waals surface area contributed by atoms with Crippen LogP contribution < -0.4 is 9.47 Å². The Morgan fingerprint density at radius 1 is 1.33 bits per heavy atom. The lowest BCUT2D eigenvalue weighted by Gasteiger charge is -2.17. The minimum absolute atomic E-state index is 0.0881. The highest BCUT2D eigenvalue weighted by Gasteiger charge is 2.22. The third-order valence-electron chi connectivity index (χ3n) is 2.17. The quantitative estimate of drug-likeness (QED) is 0.871. The monoisotopic (exact) mass is 318 g/mol. The summed E-state index contributed by atoms with van der Waals surface area (Å²) < 4.78 is 11.1. The first-order chi connectivity index (χ1) is 8.36. The number of carboxylic acids is 1. The molecule has 0 amide bonds. The Hall–Kier alpha value is -1.27. The minimum atomic E-state index is -1.61. The van der Waals surface area contributed by atoms with Gasteiger partial charge in [-0.3, -0.25) is 0 Å². The van der Waals surface area contributed by atoms with Gasteiger partial charge in [0.1, 0.15) is 0 Å². The molecular weight excluding hydrogens is 304 g/mol. The molecule has 0 fully saturated rings. The van der Waals surface area contributed by atoms with Gasteiger partial charge in [-0.15, -0.1) is 0 Å². The number of hydrogen-bond donors (Lipinski definition) is 2. The summed E-state index contributed by atoms with van der Waals surface area (Å²) in [6.45, 7) is 3.68. The van der Waals surface area contributed by atoms with Crippen LogP contribution in [0, 0.1) is 0 Å². The lowest BCUT2D eigenvalue weighted by molar-refractivity contribution is -0.147. The first-order valence-corrected chi connectivity index (χ1v) is 6.11. The van der Waals surface area contributed by atoms with Crippen LogP contribution in [-0.2, 0) is 4.79 Å². The van der Waals surface area contributed by atoms with Crippen LogP contribution in [0.15, 0.2) is 16.6 Å². The highest BCUT2D eigenvalue weighted by atomic mass is 79.9. The summed E-state index contributed by atoms with van der Waals surface area (Å²) in [5.74, 6) is -0.459. The zero-order valence-electron chi connectivity index (χ0n) is 10.3. The van der Waals surface area contributed by atoms with Gasteiger partial charge in [0.2, 0.25) is 0 Å². The smallest absolute Gasteiger partial charge is 0.337 e. The van der Waals surface area contributed by atoms with Crippen molar-refractivity contribution in [2.45, 2.75) is 26.1 Å². The summed E-state index contributed by atoms with van der Waals surface area (Å²) in [7, 11) is 1.49. The van der Waals surface area contributed by atoms with Gasteiger partial charge in [-0.2, -0.15) is 0 Å². The number of methoxy groups -OCH3 is 1. The molecule has 2 N–H and O–H groups in total. The normalized spacial score (nSPS) is 12.3. The Bertz CT molecular complexity index is 444. The van der Waals surface area contributed by atoms with E-state index in [1.807, 2.05) is 13.8 Å². The molecule has 1 unspecified atom stereocenters. The van der Waals surface area contributed by atoms with E-state index >= 15 is 0 Å². The van der Waals surface area contributed by atoms with Gasteiger partial charge in [-0.05, 0) is 26.0 Å². The van der Waals surface area contributed by atoms with Gasteiger partial charge in [-0.1, -0.05) is 15.9 Å². The molecule has 5 nitrogen and oxygen atoms in total. The predicted octanol–water partition coefficient (Wildman–Crippen LogP) is 2.36. The number of halogens is 1. The predicted molar refractivity (Wildman–Crippen MR) is 69.1 cm³/mol. The van der Waals surface area contributed by atoms with E-state index < -0.39 is 12.1 Å². The van der Waals surface area contributed by atoms with E-state index in [2.05, 4.69) is 15.9 Å². The molecule has 100 valence electrons. The molecule has 0 bridgehead atoms. The molecule has 0 spiro atoms. The minimum Gasteiger partial charge on any atom is -0.493 e. The molecule has 0 aliphatic heterocycles. The summed E-state index contributed by atoms with van der Waals surface area (Å²) in [5, 5.41) is 18.4. The Morgan fingerprint density at radius 3 is 2.39 bits per heavy atom. The van der Waals surface area contributed by atoms with E-state index in [1.165, 1.54) is 13.2 Å². The van der Waals surface area contributed by atoms with E-state index in [1.54, 1.807) is 6.07 Å². The zero-order valence-corrected chi connectivity index (χ0v) is 11.9. The highest BCUT2D eigenvalue weighted by molar-refractivity contribution is 9.10. The molecular formula is C12H15BrO5. The second-order valence-electron chi connectivity index (χ2n) is 3.93. The second-order valence-corrected chi connectivity index (χ2v) is 4.79. The van der Waals surface area contributed by atoms with Crippen LogP contribution in [0.2, 0.25) is 0 Å². The van der Waals surface area contributed by atoms with Gasteiger partial charge < -0.3 is 19.7 Å². The lowest BCUT2D eigenvalue weighted by Crippen LogP contribution is -2.13. The van der Waals surface area contributed by atoms with Crippen molar-refractivity contribution in [2.75, 3.05) is 7.11 Å². The van der Waals surface area contributed by atoms with Crippen molar-refractivity contribution >= 4 is 21.9 Å². The summed E-state index contributed by atoms with van der Waals surface area (Å²) in [6, 6.07) is 3.03. The van der Waals surface area contributed by atoms with Crippen LogP contribution in [0.4, 0.5) is 0 Å². The van der Waals surface area contributed by atoms with Crippen molar-refractivity contribution in [1.29, 1.82) is 0 Å². The third-order valence-corrected chi connectivity index (χ3v) is 2.86. The maximum atomic E-state index is 10.8. The first-order valence-electron chi connectivity index (χ1n) is 5.31. The first kappa shape index (κ1) is 14.8. The average Bonchev–Trinajstić information content (AvgIpc) is 2.29. The van der Waals surface area contributed by atoms with Gasteiger partial charge in [0, 0.05) is 10.0 Å². The van der Waals surface area contributed by atoms with Crippen molar-refractivity contribution in [3.8, 4) is 11.5 Å². The van der Waals surface area contributed by atoms with E-state index in [0.29, 0.717) is 16.0 Å². The molecule has 1 atom stereocenters. The van der Waals surface area contributed by atoms with Crippen LogP contribution in [0.5, 0.6) is 11.5 Å². The number of ether oxygens (including phenoxy) is 2. The molecule has 1 aromatic carbocycles. The summed E-state index contributed by atoms with van der Waals surface area (Å²) in [6.07, 6.45) is -1.70. The third kappa shape index (κ3) is 3.36. The Kier molecular flexibility index (Phi) is 4.98. The number of benzene rings is 1. The number of carbonyl (C=O) groups is 1. The number of aliphatic carboxylic acids is 1. The van der Waals surface area contributed by atoms with Crippen molar-refractivity contribution in [3.63, 3.8) is 0 Å². The molecule has 0 saturated carbocycles. The van der Waals surface area contributed by atoms with Crippen molar-refractivity contribution in [2.24, 2.45) is 0 Å². The van der Waals surface area contributed by atoms with Gasteiger partial charge in [0.25, 0.3) is 0 Å². The Labute approximate surface area is 113 Å². The summed E-state index contributed by atoms with van der Waals surface area (Å²) >= 11 is 3.20. The fourth-order valence-corrected chi connectivity index (χ4v) is 1.94. The molecule has 0 heterocycles. The van der Waals surface area contributed by atoms with Crippen LogP contribution in [-0.4, -0.2) is 29.4 Å². The van der Waals surface area contributed by atoms with E-state index in [4.69, 9.17) is 14.6 Å². The van der Waals surface area contributed by atoms with Crippen molar-refractivity contribution in [3.05, 3.63) is 22.2 Å². The number of hydrogen-bond acceptors (Lipinski definition) is 4. The topological polar surface area (TPSA) is 76.0 Å². The van der Waals surface area contributed by atoms with E-state index in [-0.39, 0.29) is 11.7 Å². The Morgan fingerprint density at radius 2 is 1.94 bits per heavy atom. The van der Waals surface area contributed by atoms with Gasteiger partial charge in [0.05, 0.1) is 13.2 Å². The summed E-state index contributed by atoms with van der Waals surface area (Å²) in [5.41, 5.74) is 0.221. The van der Waals surface area contributed by atoms with Crippen LogP contribution in [0.3, 0.4) is 0 Å². The van der Waals surface area contributed by atoms with E-state index in [0.717, 1.165) is 0 Å². The molecule has 0 saturated heterocycles. The van der Waals surface area contributed by atoms with Crippen LogP contribution >= 0.6 is 15.9 Å². The van der Waals surface area contributed by atoms with Crippen molar-refractivity contribution in [1.82, 2.24) is 0 Å². The average molecular weight is 319 g/mol. The number of aliphatic hydroxyl groups is 1. The highest BCUT2D eigenvalue weighted by Crippen LogP contribution is 2.36. The molecule has 0 aliphatic rings. The van der Waals surface area contributed by atoms with Crippen molar-refractivity contribution < 1.29 is 24.5 Å². The largest absolute Gasteiger partial charge is 0.493 e. The summed E-state index contributed by atoms with van der Waals surface area (Å²) in [4.78, 5) is 10.8. The number of aliphatic hydroxyl groups excluding tert-OH is 1. The maximum Gasteiger partial charge on any atom is 0.337 e. The zero-order chi connectivity index (χ0) is 13.9. The van der Waals surface area contributed by atoms with Crippen LogP contribution in [0.1, 0.15) is 25.5 Å². The standard InChI is InChI=1S/C12H15BrO5/c1-6(2)18-10-4-7(11(14)12(15)16)8(13)5-9(10)17-3/h4-6,11,14H,1-3H3,(H,15,16). The fourth-order valence-electron chi connectivity index (χ4n) is 1.40. The molecule has 6 heteroatoms. The molecule has 0 aliphatic carbocycles. The number of carboxylic acid groups (broad SMARTS) is 1.